The molecule has 5 atom stereocenters. The Morgan fingerprint density at radius 3 is 0.794 bits per heavy atom. The van der Waals surface area contributed by atoms with Crippen molar-refractivity contribution < 1.29 is 75.8 Å². The Morgan fingerprint density at radius 2 is 0.495 bits per heavy atom. The van der Waals surface area contributed by atoms with Gasteiger partial charge in [-0.1, -0.05) is 334 Å². The van der Waals surface area contributed by atoms with Gasteiger partial charge in [0.05, 0.1) is 26.4 Å². The topological polar surface area (TPSA) is 231 Å². The summed E-state index contributed by atoms with van der Waals surface area (Å²) in [6.07, 6.45) is 99.3. The fraction of sp³-hybridized carbons (Fsp3) is 0.719. The molecule has 0 amide bonds. The summed E-state index contributed by atoms with van der Waals surface area (Å²) in [5.74, 6) is -1.58. The van der Waals surface area contributed by atoms with Gasteiger partial charge in [0.1, 0.15) is 25.4 Å². The Bertz CT molecular complexity index is 2480. The smallest absolute Gasteiger partial charge is 0.463 e. The monoisotopic (exact) mass is 1540 g/mol. The van der Waals surface area contributed by atoms with Gasteiger partial charge in [0.2, 0.25) is 0 Å². The predicted octanol–water partition coefficient (Wildman–Crippen LogP) is 25.4. The number of aliphatic hydroxyl groups is 2. The summed E-state index contributed by atoms with van der Waals surface area (Å²) in [6, 6.07) is 0. The summed E-state index contributed by atoms with van der Waals surface area (Å²) in [4.78, 5) is 58.8. The van der Waals surface area contributed by atoms with E-state index in [9.17, 15) is 43.5 Å². The van der Waals surface area contributed by atoms with E-state index >= 15 is 0 Å². The third-order valence-electron chi connectivity index (χ3n) is 17.8. The zero-order chi connectivity index (χ0) is 78.0. The molecule has 4 N–H and O–H groups in total. The molecule has 616 valence electrons. The molecule has 0 heterocycles. The average Bonchev–Trinajstić information content (AvgIpc) is 0.906. The maximum atomic E-state index is 13.0. The van der Waals surface area contributed by atoms with Crippen molar-refractivity contribution in [3.05, 3.63) is 134 Å². The number of ether oxygens (including phenoxy) is 3. The van der Waals surface area contributed by atoms with Crippen molar-refractivity contribution in [3.63, 3.8) is 0 Å². The molecular formula is C89H154O16P2. The van der Waals surface area contributed by atoms with Gasteiger partial charge in [-0.25, -0.2) is 9.13 Å². The zero-order valence-corrected chi connectivity index (χ0v) is 69.3. The van der Waals surface area contributed by atoms with Crippen molar-refractivity contribution in [1.29, 1.82) is 0 Å². The van der Waals surface area contributed by atoms with Gasteiger partial charge in [-0.15, -0.1) is 0 Å². The maximum Gasteiger partial charge on any atom is 0.472 e. The molecule has 18 heteroatoms. The van der Waals surface area contributed by atoms with Crippen LogP contribution in [0.1, 0.15) is 355 Å². The number of rotatable bonds is 80. The number of aliphatic hydroxyl groups excluding tert-OH is 2. The molecule has 0 rings (SSSR count). The summed E-state index contributed by atoms with van der Waals surface area (Å²) < 4.78 is 61.3. The highest BCUT2D eigenvalue weighted by atomic mass is 31.2. The molecule has 0 saturated heterocycles. The van der Waals surface area contributed by atoms with E-state index in [1.807, 2.05) is 0 Å². The van der Waals surface area contributed by atoms with Crippen molar-refractivity contribution in [2.75, 3.05) is 39.6 Å². The van der Waals surface area contributed by atoms with Crippen molar-refractivity contribution >= 4 is 33.6 Å². The van der Waals surface area contributed by atoms with Crippen molar-refractivity contribution in [1.82, 2.24) is 0 Å². The van der Waals surface area contributed by atoms with Gasteiger partial charge in [0, 0.05) is 19.3 Å². The molecule has 0 radical (unpaired) electrons. The number of unbranched alkanes of at least 4 members (excludes halogenated alkanes) is 35. The summed E-state index contributed by atoms with van der Waals surface area (Å²) in [5.41, 5.74) is 0. The number of esters is 3. The summed E-state index contributed by atoms with van der Waals surface area (Å²) >= 11 is 0. The van der Waals surface area contributed by atoms with Crippen LogP contribution in [0.15, 0.2) is 134 Å². The van der Waals surface area contributed by atoms with Crippen LogP contribution in [0.4, 0.5) is 0 Å². The number of carbonyl (C=O) groups excluding carboxylic acids is 3. The Morgan fingerprint density at radius 1 is 0.271 bits per heavy atom. The number of hydrogen-bond donors (Lipinski definition) is 4. The normalized spacial score (nSPS) is 14.6. The first-order chi connectivity index (χ1) is 52.2. The van der Waals surface area contributed by atoms with Gasteiger partial charge in [-0.2, -0.15) is 0 Å². The highest BCUT2D eigenvalue weighted by molar-refractivity contribution is 7.47. The van der Waals surface area contributed by atoms with Crippen molar-refractivity contribution in [3.8, 4) is 0 Å². The molecule has 0 aromatic rings. The minimum absolute atomic E-state index is 0.0924. The number of phosphoric acid groups is 2. The van der Waals surface area contributed by atoms with Crippen LogP contribution < -0.4 is 0 Å². The molecule has 0 saturated carbocycles. The van der Waals surface area contributed by atoms with Crippen molar-refractivity contribution in [2.24, 2.45) is 0 Å². The summed E-state index contributed by atoms with van der Waals surface area (Å²) in [6.45, 7) is 2.47. The molecule has 107 heavy (non-hydrogen) atoms. The summed E-state index contributed by atoms with van der Waals surface area (Å²) in [5, 5.41) is 20.7. The molecule has 0 bridgehead atoms. The highest BCUT2D eigenvalue weighted by Gasteiger charge is 2.29. The van der Waals surface area contributed by atoms with Crippen LogP contribution in [0, 0.1) is 0 Å². The minimum Gasteiger partial charge on any atom is -0.463 e. The molecule has 0 aromatic carbocycles. The number of hydrogen-bond acceptors (Lipinski definition) is 14. The van der Waals surface area contributed by atoms with Gasteiger partial charge in [0.25, 0.3) is 0 Å². The van der Waals surface area contributed by atoms with Crippen LogP contribution in [0.2, 0.25) is 0 Å². The fourth-order valence-corrected chi connectivity index (χ4v) is 13.0. The molecule has 0 aliphatic carbocycles. The second kappa shape index (κ2) is 81.2. The molecule has 16 nitrogen and oxygen atoms in total. The number of phosphoric ester groups is 2. The maximum absolute atomic E-state index is 13.0. The van der Waals surface area contributed by atoms with E-state index in [0.29, 0.717) is 19.3 Å². The van der Waals surface area contributed by atoms with Crippen LogP contribution in [0.5, 0.6) is 0 Å². The lowest BCUT2D eigenvalue weighted by Crippen LogP contribution is -2.30. The zero-order valence-electron chi connectivity index (χ0n) is 67.5. The van der Waals surface area contributed by atoms with E-state index in [1.54, 1.807) is 0 Å². The predicted molar refractivity (Wildman–Crippen MR) is 445 cm³/mol. The van der Waals surface area contributed by atoms with Gasteiger partial charge in [-0.3, -0.25) is 32.5 Å². The molecule has 5 unspecified atom stereocenters. The van der Waals surface area contributed by atoms with Crippen LogP contribution >= 0.6 is 15.6 Å². The molecule has 0 spiro atoms. The van der Waals surface area contributed by atoms with E-state index in [0.717, 1.165) is 154 Å². The van der Waals surface area contributed by atoms with Crippen LogP contribution in [-0.4, -0.2) is 95.9 Å². The van der Waals surface area contributed by atoms with Crippen molar-refractivity contribution in [2.45, 2.75) is 373 Å². The Hall–Kier alpha value is -4.31. The Balaban J connectivity index is 4.50. The molecule has 0 aliphatic rings. The SMILES string of the molecule is CC/C=C\C/C=C\C/C=C\C/C=C\C/C=C\CCCCCCCCCCCCCCCCCC(=O)OCC(O)COP(=O)(O)OCC(O)COP(=O)(O)OCC(COC(=O)CCCCCCCCCCC/C=C\C/C=C\C/C=C\C/C=C\C/C=C\CC)OC(=O)CCCCCCC/C=C\CCCCCCCC. The third kappa shape index (κ3) is 82.5. The summed E-state index contributed by atoms with van der Waals surface area (Å²) in [7, 11) is -9.80. The largest absolute Gasteiger partial charge is 0.472 e. The van der Waals surface area contributed by atoms with Gasteiger partial charge < -0.3 is 34.2 Å². The van der Waals surface area contributed by atoms with Crippen LogP contribution in [0.25, 0.3) is 0 Å². The lowest BCUT2D eigenvalue weighted by molar-refractivity contribution is -0.161. The standard InChI is InChI=1S/C89H154O16P2/c1-4-7-10-13-16-19-22-25-28-30-32-34-36-38-39-40-41-42-43-45-47-48-50-52-55-57-60-63-66-69-72-75-87(92)99-78-84(90)79-101-106(95,96)102-80-85(91)81-103-107(97,98)104-83-86(105-89(94)77-74-71-68-65-62-59-54-27-24-21-18-15-12-9-6-3)82-100-88(93)76-73-70-67-64-61-58-56-53-51-49-46-44-37-35-33-31-29-26-23-20-17-14-11-8-5-2/h7-8,10-11,16-17,19-20,25-29,32-35,38-39,44,46,54,84-86,90-91H,4-6,9,12-15,18,21-24,30-31,36-37,40-43,45,47-53,55-83H2,1-3H3,(H,95,96)(H,97,98)/b10-7-,11-8-,19-16-,20-17-,28-25-,29-26-,34-32-,35-33-,39-38-,46-44-,54-27-. The number of carbonyl (C=O) groups is 3. The molecule has 0 fully saturated rings. The number of allylic oxidation sites excluding steroid dienone is 22. The second-order valence-corrected chi connectivity index (χ2v) is 31.1. The van der Waals surface area contributed by atoms with E-state index in [4.69, 9.17) is 32.3 Å². The van der Waals surface area contributed by atoms with Gasteiger partial charge in [0.15, 0.2) is 6.10 Å². The molecule has 0 aromatic heterocycles. The van der Waals surface area contributed by atoms with E-state index in [-0.39, 0.29) is 19.3 Å². The Kier molecular flexibility index (Phi) is 77.9. The minimum atomic E-state index is -4.94. The van der Waals surface area contributed by atoms with E-state index in [1.165, 1.54) is 141 Å². The lowest BCUT2D eigenvalue weighted by Gasteiger charge is -2.21. The lowest BCUT2D eigenvalue weighted by atomic mass is 10.0. The van der Waals surface area contributed by atoms with Gasteiger partial charge >= 0.3 is 33.6 Å². The third-order valence-corrected chi connectivity index (χ3v) is 19.7. The fourth-order valence-electron chi connectivity index (χ4n) is 11.4. The van der Waals surface area contributed by atoms with E-state index < -0.39 is 91.5 Å². The first-order valence-electron chi connectivity index (χ1n) is 42.5. The first-order valence-corrected chi connectivity index (χ1v) is 45.5. The first kappa shape index (κ1) is 103. The highest BCUT2D eigenvalue weighted by Crippen LogP contribution is 2.45. The quantitative estimate of drug-likeness (QED) is 0.0146. The van der Waals surface area contributed by atoms with E-state index in [2.05, 4.69) is 154 Å². The average molecular weight is 1540 g/mol. The van der Waals surface area contributed by atoms with Crippen LogP contribution in [-0.2, 0) is 55.8 Å². The van der Waals surface area contributed by atoms with Crippen LogP contribution in [0.3, 0.4) is 0 Å². The molecule has 0 aliphatic heterocycles. The van der Waals surface area contributed by atoms with Gasteiger partial charge in [-0.05, 0) is 135 Å². The Labute approximate surface area is 652 Å². The second-order valence-electron chi connectivity index (χ2n) is 28.2. The molecular weight excluding hydrogens is 1390 g/mol.